The number of nitrogens with zero attached hydrogens (tertiary/aromatic N) is 2. The SMILES string of the molecule is CCN(C[C@H](C)O)C(=O)Nc1ncc(Oc2ccccc2)s1. The summed E-state index contributed by atoms with van der Waals surface area (Å²) in [5, 5.41) is 13.1. The van der Waals surface area contributed by atoms with Crippen molar-refractivity contribution in [1.29, 1.82) is 0 Å². The minimum Gasteiger partial charge on any atom is -0.445 e. The number of rotatable bonds is 6. The number of carbonyl (C=O) groups excluding carboxylic acids is 1. The Morgan fingerprint density at radius 2 is 2.18 bits per heavy atom. The van der Waals surface area contributed by atoms with Crippen molar-refractivity contribution >= 4 is 22.5 Å². The smallest absolute Gasteiger partial charge is 0.323 e. The van der Waals surface area contributed by atoms with E-state index in [1.54, 1.807) is 13.1 Å². The lowest BCUT2D eigenvalue weighted by molar-refractivity contribution is 0.141. The number of aliphatic hydroxyl groups excluding tert-OH is 1. The highest BCUT2D eigenvalue weighted by atomic mass is 32.1. The molecule has 0 radical (unpaired) electrons. The summed E-state index contributed by atoms with van der Waals surface area (Å²) in [6.45, 7) is 4.29. The molecule has 0 aliphatic carbocycles. The van der Waals surface area contributed by atoms with Crippen molar-refractivity contribution in [2.75, 3.05) is 18.4 Å². The minimum atomic E-state index is -0.570. The second kappa shape index (κ2) is 7.77. The van der Waals surface area contributed by atoms with Crippen molar-refractivity contribution in [3.05, 3.63) is 36.5 Å². The summed E-state index contributed by atoms with van der Waals surface area (Å²) >= 11 is 1.25. The maximum absolute atomic E-state index is 12.1. The van der Waals surface area contributed by atoms with Crippen molar-refractivity contribution < 1.29 is 14.6 Å². The number of hydrogen-bond acceptors (Lipinski definition) is 5. The zero-order valence-corrected chi connectivity index (χ0v) is 13.3. The number of aromatic nitrogens is 1. The molecule has 7 heteroatoms. The van der Waals surface area contributed by atoms with Gasteiger partial charge in [-0.1, -0.05) is 29.5 Å². The van der Waals surface area contributed by atoms with Crippen molar-refractivity contribution in [3.63, 3.8) is 0 Å². The fourth-order valence-corrected chi connectivity index (χ4v) is 2.49. The lowest BCUT2D eigenvalue weighted by atomic mass is 10.3. The van der Waals surface area contributed by atoms with Gasteiger partial charge < -0.3 is 14.7 Å². The molecule has 1 aromatic carbocycles. The van der Waals surface area contributed by atoms with E-state index in [0.29, 0.717) is 22.5 Å². The molecule has 1 aromatic heterocycles. The number of benzene rings is 1. The first-order chi connectivity index (χ1) is 10.6. The summed E-state index contributed by atoms with van der Waals surface area (Å²) in [5.74, 6) is 0.716. The van der Waals surface area contributed by atoms with E-state index < -0.39 is 6.10 Å². The highest BCUT2D eigenvalue weighted by Gasteiger charge is 2.15. The molecule has 0 aliphatic heterocycles. The molecule has 2 rings (SSSR count). The Balaban J connectivity index is 1.95. The number of para-hydroxylation sites is 1. The zero-order valence-electron chi connectivity index (χ0n) is 12.5. The summed E-state index contributed by atoms with van der Waals surface area (Å²) in [6, 6.07) is 9.08. The molecule has 118 valence electrons. The number of hydrogen-bond donors (Lipinski definition) is 2. The summed E-state index contributed by atoms with van der Waals surface area (Å²) in [5.41, 5.74) is 0. The molecule has 22 heavy (non-hydrogen) atoms. The van der Waals surface area contributed by atoms with E-state index >= 15 is 0 Å². The van der Waals surface area contributed by atoms with Gasteiger partial charge in [0.2, 0.25) is 5.06 Å². The zero-order chi connectivity index (χ0) is 15.9. The molecule has 1 heterocycles. The van der Waals surface area contributed by atoms with Gasteiger partial charge in [0.15, 0.2) is 5.13 Å². The lowest BCUT2D eigenvalue weighted by Gasteiger charge is -2.21. The Labute approximate surface area is 133 Å². The van der Waals surface area contributed by atoms with E-state index in [9.17, 15) is 9.90 Å². The number of likely N-dealkylation sites (N-methyl/N-ethyl adjacent to an activating group) is 1. The summed E-state index contributed by atoms with van der Waals surface area (Å²) in [6.07, 6.45) is 0.997. The Hall–Kier alpha value is -2.12. The third-order valence-electron chi connectivity index (χ3n) is 2.81. The maximum Gasteiger partial charge on any atom is 0.323 e. The van der Waals surface area contributed by atoms with Crippen LogP contribution in [0.25, 0.3) is 0 Å². The fraction of sp³-hybridized carbons (Fsp3) is 0.333. The van der Waals surface area contributed by atoms with Crippen LogP contribution in [0.1, 0.15) is 13.8 Å². The van der Waals surface area contributed by atoms with E-state index in [0.717, 1.165) is 0 Å². The van der Waals surface area contributed by atoms with Crippen LogP contribution in [0.4, 0.5) is 9.93 Å². The molecule has 2 N–H and O–H groups in total. The molecule has 0 bridgehead atoms. The number of thiazole rings is 1. The van der Waals surface area contributed by atoms with Gasteiger partial charge in [0, 0.05) is 13.1 Å². The van der Waals surface area contributed by atoms with Gasteiger partial charge in [-0.15, -0.1) is 0 Å². The van der Waals surface area contributed by atoms with Gasteiger partial charge in [0.05, 0.1) is 12.3 Å². The molecule has 0 aliphatic rings. The molecule has 0 saturated carbocycles. The Bertz CT molecular complexity index is 601. The van der Waals surface area contributed by atoms with Gasteiger partial charge in [-0.3, -0.25) is 5.32 Å². The Kier molecular flexibility index (Phi) is 5.74. The van der Waals surface area contributed by atoms with Crippen LogP contribution in [-0.4, -0.2) is 40.2 Å². The first-order valence-electron chi connectivity index (χ1n) is 7.01. The van der Waals surface area contributed by atoms with Gasteiger partial charge in [0.25, 0.3) is 0 Å². The molecular weight excluding hydrogens is 302 g/mol. The third-order valence-corrected chi connectivity index (χ3v) is 3.60. The Morgan fingerprint density at radius 1 is 1.45 bits per heavy atom. The van der Waals surface area contributed by atoms with Crippen molar-refractivity contribution in [2.45, 2.75) is 20.0 Å². The molecule has 6 nitrogen and oxygen atoms in total. The van der Waals surface area contributed by atoms with Crippen molar-refractivity contribution in [1.82, 2.24) is 9.88 Å². The fourth-order valence-electron chi connectivity index (χ4n) is 1.81. The van der Waals surface area contributed by atoms with Gasteiger partial charge in [-0.05, 0) is 26.0 Å². The van der Waals surface area contributed by atoms with E-state index in [4.69, 9.17) is 4.74 Å². The molecule has 0 spiro atoms. The number of aliphatic hydroxyl groups is 1. The number of nitrogens with one attached hydrogen (secondary N) is 1. The van der Waals surface area contributed by atoms with Crippen LogP contribution in [0.15, 0.2) is 36.5 Å². The minimum absolute atomic E-state index is 0.279. The van der Waals surface area contributed by atoms with Crippen LogP contribution in [0.5, 0.6) is 10.8 Å². The van der Waals surface area contributed by atoms with Crippen LogP contribution in [-0.2, 0) is 0 Å². The van der Waals surface area contributed by atoms with E-state index in [1.807, 2.05) is 37.3 Å². The van der Waals surface area contributed by atoms with E-state index in [1.165, 1.54) is 16.2 Å². The number of ether oxygens (including phenoxy) is 1. The molecule has 0 fully saturated rings. The molecule has 2 amide bonds. The number of urea groups is 1. The van der Waals surface area contributed by atoms with E-state index in [2.05, 4.69) is 10.3 Å². The third kappa shape index (κ3) is 4.71. The molecule has 1 atom stereocenters. The molecule has 2 aromatic rings. The van der Waals surface area contributed by atoms with Crippen LogP contribution >= 0.6 is 11.3 Å². The van der Waals surface area contributed by atoms with Gasteiger partial charge in [-0.2, -0.15) is 0 Å². The predicted octanol–water partition coefficient (Wildman–Crippen LogP) is 3.17. The summed E-state index contributed by atoms with van der Waals surface area (Å²) in [7, 11) is 0. The van der Waals surface area contributed by atoms with Gasteiger partial charge >= 0.3 is 6.03 Å². The monoisotopic (exact) mass is 321 g/mol. The topological polar surface area (TPSA) is 74.7 Å². The van der Waals surface area contributed by atoms with Crippen LogP contribution in [0.2, 0.25) is 0 Å². The summed E-state index contributed by atoms with van der Waals surface area (Å²) in [4.78, 5) is 17.7. The standard InChI is InChI=1S/C15H19N3O3S/c1-3-18(10-11(2)19)15(20)17-14-16-9-13(22-14)21-12-7-5-4-6-8-12/h4-9,11,19H,3,10H2,1-2H3,(H,16,17,20)/t11-/m0/s1. The molecular formula is C15H19N3O3S. The Morgan fingerprint density at radius 3 is 2.82 bits per heavy atom. The van der Waals surface area contributed by atoms with Gasteiger partial charge in [0.1, 0.15) is 5.75 Å². The quantitative estimate of drug-likeness (QED) is 0.857. The average molecular weight is 321 g/mol. The summed E-state index contributed by atoms with van der Waals surface area (Å²) < 4.78 is 5.64. The van der Waals surface area contributed by atoms with E-state index in [-0.39, 0.29) is 12.6 Å². The number of anilines is 1. The second-order valence-corrected chi connectivity index (χ2v) is 5.71. The largest absolute Gasteiger partial charge is 0.445 e. The normalized spacial score (nSPS) is 11.8. The van der Waals surface area contributed by atoms with Gasteiger partial charge in [-0.25, -0.2) is 9.78 Å². The second-order valence-electron chi connectivity index (χ2n) is 4.72. The average Bonchev–Trinajstić information content (AvgIpc) is 2.92. The first kappa shape index (κ1) is 16.3. The maximum atomic E-state index is 12.1. The van der Waals surface area contributed by atoms with Crippen molar-refractivity contribution in [2.24, 2.45) is 0 Å². The van der Waals surface area contributed by atoms with Crippen LogP contribution in [0, 0.1) is 0 Å². The highest BCUT2D eigenvalue weighted by Crippen LogP contribution is 2.30. The predicted molar refractivity (Wildman–Crippen MR) is 86.6 cm³/mol. The number of amides is 2. The molecule has 0 unspecified atom stereocenters. The van der Waals surface area contributed by atoms with Crippen LogP contribution < -0.4 is 10.1 Å². The number of carbonyl (C=O) groups is 1. The molecule has 0 saturated heterocycles. The first-order valence-corrected chi connectivity index (χ1v) is 7.83. The van der Waals surface area contributed by atoms with Crippen molar-refractivity contribution in [3.8, 4) is 10.8 Å². The lowest BCUT2D eigenvalue weighted by Crippen LogP contribution is -2.39. The van der Waals surface area contributed by atoms with Crippen LogP contribution in [0.3, 0.4) is 0 Å². The highest BCUT2D eigenvalue weighted by molar-refractivity contribution is 7.17.